The predicted octanol–water partition coefficient (Wildman–Crippen LogP) is 2.38. The number of nitro groups is 1. The Hall–Kier alpha value is -2.64. The molecule has 0 saturated carbocycles. The molecule has 0 fully saturated rings. The maximum Gasteiger partial charge on any atom is 0.310 e. The molecule has 0 aliphatic heterocycles. The lowest BCUT2D eigenvalue weighted by molar-refractivity contribution is -0.385. The van der Waals surface area contributed by atoms with Crippen LogP contribution in [0.15, 0.2) is 18.2 Å². The summed E-state index contributed by atoms with van der Waals surface area (Å²) in [5, 5.41) is 10.8. The molecular formula is C15H19NO7. The maximum absolute atomic E-state index is 11.6. The number of carbonyl (C=O) groups excluding carboxylic acids is 2. The van der Waals surface area contributed by atoms with Gasteiger partial charge < -0.3 is 14.2 Å². The number of carbonyl (C=O) groups is 2. The van der Waals surface area contributed by atoms with Gasteiger partial charge in [0.1, 0.15) is 6.61 Å². The number of hydrogen-bond donors (Lipinski definition) is 0. The molecule has 8 heteroatoms. The van der Waals surface area contributed by atoms with Gasteiger partial charge in [0.25, 0.3) is 0 Å². The van der Waals surface area contributed by atoms with Gasteiger partial charge in [-0.25, -0.2) is 0 Å². The zero-order chi connectivity index (χ0) is 17.2. The summed E-state index contributed by atoms with van der Waals surface area (Å²) in [5.41, 5.74) is 0.420. The minimum atomic E-state index is -0.552. The quantitative estimate of drug-likeness (QED) is 0.390. The molecule has 0 unspecified atom stereocenters. The summed E-state index contributed by atoms with van der Waals surface area (Å²) in [6, 6.07) is 4.24. The first-order chi connectivity index (χ1) is 11.0. The van der Waals surface area contributed by atoms with Crippen LogP contribution in [0.5, 0.6) is 5.75 Å². The van der Waals surface area contributed by atoms with Gasteiger partial charge >= 0.3 is 17.6 Å². The van der Waals surface area contributed by atoms with Crippen LogP contribution in [0.2, 0.25) is 0 Å². The highest BCUT2D eigenvalue weighted by atomic mass is 16.6. The van der Waals surface area contributed by atoms with Gasteiger partial charge in [-0.05, 0) is 31.0 Å². The first-order valence-corrected chi connectivity index (χ1v) is 7.10. The molecule has 126 valence electrons. The van der Waals surface area contributed by atoms with Crippen molar-refractivity contribution in [2.45, 2.75) is 32.8 Å². The molecule has 23 heavy (non-hydrogen) atoms. The van der Waals surface area contributed by atoms with Crippen molar-refractivity contribution in [2.75, 3.05) is 13.7 Å². The van der Waals surface area contributed by atoms with Crippen molar-refractivity contribution in [1.82, 2.24) is 0 Å². The Morgan fingerprint density at radius 1 is 1.17 bits per heavy atom. The Morgan fingerprint density at radius 3 is 2.39 bits per heavy atom. The summed E-state index contributed by atoms with van der Waals surface area (Å²) in [6.45, 7) is 2.00. The Bertz CT molecular complexity index is 571. The highest BCUT2D eigenvalue weighted by Crippen LogP contribution is 2.27. The van der Waals surface area contributed by atoms with Gasteiger partial charge in [-0.1, -0.05) is 0 Å². The van der Waals surface area contributed by atoms with E-state index < -0.39 is 10.9 Å². The largest absolute Gasteiger partial charge is 0.490 e. The molecule has 8 nitrogen and oxygen atoms in total. The molecule has 0 bridgehead atoms. The number of esters is 2. The average molecular weight is 325 g/mol. The van der Waals surface area contributed by atoms with Crippen molar-refractivity contribution < 1.29 is 28.7 Å². The van der Waals surface area contributed by atoms with E-state index in [2.05, 4.69) is 0 Å². The summed E-state index contributed by atoms with van der Waals surface area (Å²) in [6.07, 6.45) is 0.610. The van der Waals surface area contributed by atoms with Crippen LogP contribution in [-0.2, 0) is 25.7 Å². The molecule has 0 N–H and O–H groups in total. The minimum absolute atomic E-state index is 0.0212. The van der Waals surface area contributed by atoms with Crippen LogP contribution in [0.3, 0.4) is 0 Å². The van der Waals surface area contributed by atoms with Crippen molar-refractivity contribution in [3.05, 3.63) is 33.9 Å². The third kappa shape index (κ3) is 6.33. The number of hydrogen-bond acceptors (Lipinski definition) is 7. The van der Waals surface area contributed by atoms with Crippen molar-refractivity contribution >= 4 is 17.6 Å². The van der Waals surface area contributed by atoms with Gasteiger partial charge in [0.05, 0.1) is 18.6 Å². The smallest absolute Gasteiger partial charge is 0.310 e. The van der Waals surface area contributed by atoms with Crippen molar-refractivity contribution in [3.63, 3.8) is 0 Å². The monoisotopic (exact) mass is 325 g/mol. The zero-order valence-electron chi connectivity index (χ0n) is 13.1. The lowest BCUT2D eigenvalue weighted by Crippen LogP contribution is -2.08. The molecule has 0 aliphatic carbocycles. The third-order valence-corrected chi connectivity index (χ3v) is 2.91. The molecule has 0 heterocycles. The number of nitrogens with zero attached hydrogens (tertiary/aromatic N) is 1. The van der Waals surface area contributed by atoms with Gasteiger partial charge in [0.15, 0.2) is 5.75 Å². The molecule has 0 radical (unpaired) electrons. The van der Waals surface area contributed by atoms with E-state index in [1.54, 1.807) is 6.92 Å². The van der Waals surface area contributed by atoms with Crippen LogP contribution in [0.1, 0.15) is 31.7 Å². The molecule has 0 atom stereocenters. The third-order valence-electron chi connectivity index (χ3n) is 2.91. The van der Waals surface area contributed by atoms with E-state index in [1.807, 2.05) is 0 Å². The summed E-state index contributed by atoms with van der Waals surface area (Å²) < 4.78 is 14.7. The van der Waals surface area contributed by atoms with E-state index in [0.29, 0.717) is 18.6 Å². The molecule has 0 spiro atoms. The molecule has 1 aromatic carbocycles. The Balaban J connectivity index is 2.44. The van der Waals surface area contributed by atoms with Crippen molar-refractivity contribution in [2.24, 2.45) is 0 Å². The molecule has 1 aromatic rings. The Kier molecular flexibility index (Phi) is 7.52. The van der Waals surface area contributed by atoms with Crippen LogP contribution in [-0.4, -0.2) is 30.6 Å². The first kappa shape index (κ1) is 18.4. The number of nitro benzene ring substituents is 1. The fourth-order valence-corrected chi connectivity index (χ4v) is 1.81. The fourth-order valence-electron chi connectivity index (χ4n) is 1.81. The Morgan fingerprint density at radius 2 is 1.83 bits per heavy atom. The second-order valence-electron chi connectivity index (χ2n) is 4.58. The van der Waals surface area contributed by atoms with Gasteiger partial charge in [0.2, 0.25) is 0 Å². The fraction of sp³-hybridized carbons (Fsp3) is 0.467. The normalized spacial score (nSPS) is 10.0. The van der Waals surface area contributed by atoms with E-state index in [1.165, 1.54) is 25.3 Å². The summed E-state index contributed by atoms with van der Waals surface area (Å²) in [7, 11) is 1.33. The molecule has 1 rings (SSSR count). The van der Waals surface area contributed by atoms with Crippen LogP contribution in [0, 0.1) is 10.1 Å². The zero-order valence-corrected chi connectivity index (χ0v) is 13.1. The lowest BCUT2D eigenvalue weighted by Gasteiger charge is -2.07. The van der Waals surface area contributed by atoms with Crippen LogP contribution >= 0.6 is 0 Å². The number of methoxy groups -OCH3 is 1. The first-order valence-electron chi connectivity index (χ1n) is 7.10. The van der Waals surface area contributed by atoms with Crippen LogP contribution in [0.25, 0.3) is 0 Å². The highest BCUT2D eigenvalue weighted by molar-refractivity contribution is 5.72. The van der Waals surface area contributed by atoms with Crippen LogP contribution in [0.4, 0.5) is 5.69 Å². The second-order valence-corrected chi connectivity index (χ2v) is 4.58. The van der Waals surface area contributed by atoms with E-state index in [4.69, 9.17) is 14.2 Å². The Labute approximate surface area is 133 Å². The summed E-state index contributed by atoms with van der Waals surface area (Å²) >= 11 is 0. The van der Waals surface area contributed by atoms with Gasteiger partial charge in [-0.3, -0.25) is 19.7 Å². The average Bonchev–Trinajstić information content (AvgIpc) is 2.52. The topological polar surface area (TPSA) is 105 Å². The molecule has 0 amide bonds. The number of rotatable bonds is 9. The number of benzene rings is 1. The minimum Gasteiger partial charge on any atom is -0.490 e. The lowest BCUT2D eigenvalue weighted by atomic mass is 10.2. The highest BCUT2D eigenvalue weighted by Gasteiger charge is 2.15. The van der Waals surface area contributed by atoms with E-state index in [-0.39, 0.29) is 36.9 Å². The van der Waals surface area contributed by atoms with Crippen molar-refractivity contribution in [1.29, 1.82) is 0 Å². The second kappa shape index (κ2) is 9.39. The van der Waals surface area contributed by atoms with Crippen LogP contribution < -0.4 is 4.74 Å². The molecular weight excluding hydrogens is 306 g/mol. The predicted molar refractivity (Wildman–Crippen MR) is 79.9 cm³/mol. The van der Waals surface area contributed by atoms with E-state index in [9.17, 15) is 19.7 Å². The van der Waals surface area contributed by atoms with E-state index >= 15 is 0 Å². The van der Waals surface area contributed by atoms with E-state index in [0.717, 1.165) is 0 Å². The molecule has 0 aliphatic rings. The summed E-state index contributed by atoms with van der Waals surface area (Å²) in [4.78, 5) is 32.9. The standard InChI is InChI=1S/C15H19NO7/c1-3-22-14(17)5-4-6-15(18)23-10-11-7-8-12(16(19)20)13(9-11)21-2/h7-9H,3-6,10H2,1-2H3. The maximum atomic E-state index is 11.6. The van der Waals surface area contributed by atoms with Gasteiger partial charge in [-0.2, -0.15) is 0 Å². The van der Waals surface area contributed by atoms with Crippen molar-refractivity contribution in [3.8, 4) is 5.75 Å². The van der Waals surface area contributed by atoms with Gasteiger partial charge in [0, 0.05) is 18.9 Å². The van der Waals surface area contributed by atoms with Gasteiger partial charge in [-0.15, -0.1) is 0 Å². The molecule has 0 saturated heterocycles. The molecule has 0 aromatic heterocycles. The number of ether oxygens (including phenoxy) is 3. The SMILES string of the molecule is CCOC(=O)CCCC(=O)OCc1ccc([N+](=O)[O-])c(OC)c1. The summed E-state index contributed by atoms with van der Waals surface area (Å²) in [5.74, 6) is -0.696.